The number of nitriles is 1. The summed E-state index contributed by atoms with van der Waals surface area (Å²) in [5.41, 5.74) is 9.58. The van der Waals surface area contributed by atoms with Crippen LogP contribution in [-0.2, 0) is 10.0 Å². The van der Waals surface area contributed by atoms with E-state index in [9.17, 15) is 13.7 Å². The number of benzene rings is 2. The van der Waals surface area contributed by atoms with Gasteiger partial charge in [-0.05, 0) is 61.9 Å². The molecule has 10 nitrogen and oxygen atoms in total. The van der Waals surface area contributed by atoms with Crippen molar-refractivity contribution in [1.29, 1.82) is 5.26 Å². The Morgan fingerprint density at radius 3 is 2.54 bits per heavy atom. The van der Waals surface area contributed by atoms with Crippen LogP contribution in [0.1, 0.15) is 16.8 Å². The average Bonchev–Trinajstić information content (AvgIpc) is 3.26. The fourth-order valence-electron chi connectivity index (χ4n) is 3.80. The molecule has 0 aliphatic rings. The fourth-order valence-corrected chi connectivity index (χ4v) is 5.10. The number of nitrogen functional groups attached to an aromatic ring is 1. The Bertz CT molecular complexity index is 1770. The summed E-state index contributed by atoms with van der Waals surface area (Å²) in [6, 6.07) is 18.5. The normalized spacial score (nSPS) is 11.3. The van der Waals surface area contributed by atoms with Gasteiger partial charge in [-0.2, -0.15) is 10.4 Å². The van der Waals surface area contributed by atoms with Crippen LogP contribution in [0.2, 0.25) is 0 Å². The molecule has 0 aliphatic carbocycles. The molecule has 0 saturated heterocycles. The van der Waals surface area contributed by atoms with Gasteiger partial charge in [-0.15, -0.1) is 0 Å². The van der Waals surface area contributed by atoms with Gasteiger partial charge in [0.25, 0.3) is 10.0 Å². The Kier molecular flexibility index (Phi) is 5.95. The minimum absolute atomic E-state index is 0.0703. The van der Waals surface area contributed by atoms with E-state index in [1.54, 1.807) is 49.4 Å². The van der Waals surface area contributed by atoms with Crippen molar-refractivity contribution in [3.63, 3.8) is 0 Å². The number of sulfonamides is 1. The van der Waals surface area contributed by atoms with Gasteiger partial charge in [-0.25, -0.2) is 18.4 Å². The van der Waals surface area contributed by atoms with E-state index in [4.69, 9.17) is 15.5 Å². The highest BCUT2D eigenvalue weighted by Crippen LogP contribution is 2.33. The quantitative estimate of drug-likeness (QED) is 0.296. The van der Waals surface area contributed by atoms with Gasteiger partial charge in [0.05, 0.1) is 28.4 Å². The van der Waals surface area contributed by atoms with E-state index in [0.717, 1.165) is 22.2 Å². The van der Waals surface area contributed by atoms with E-state index < -0.39 is 10.0 Å². The fraction of sp³-hybridized carbons (Fsp3) is 0.0769. The average molecular weight is 512 g/mol. The Balaban J connectivity index is 1.47. The Morgan fingerprint density at radius 1 is 1.05 bits per heavy atom. The minimum Gasteiger partial charge on any atom is -0.437 e. The number of H-pyrrole nitrogens is 1. The van der Waals surface area contributed by atoms with Crippen molar-refractivity contribution >= 4 is 32.4 Å². The molecule has 5 aromatic rings. The largest absolute Gasteiger partial charge is 0.437 e. The van der Waals surface area contributed by atoms with Crippen molar-refractivity contribution in [3.05, 3.63) is 83.7 Å². The number of pyridine rings is 2. The summed E-state index contributed by atoms with van der Waals surface area (Å²) < 4.78 is 34.5. The molecule has 11 heteroatoms. The first-order chi connectivity index (χ1) is 17.7. The van der Waals surface area contributed by atoms with E-state index in [0.29, 0.717) is 34.3 Å². The van der Waals surface area contributed by atoms with Gasteiger partial charge >= 0.3 is 0 Å². The first-order valence-corrected chi connectivity index (χ1v) is 12.6. The zero-order chi connectivity index (χ0) is 26.2. The van der Waals surface area contributed by atoms with Crippen LogP contribution in [0, 0.1) is 25.2 Å². The topological polar surface area (TPSA) is 160 Å². The standard InChI is InChI=1S/C26H21N7O3S/c1-15-3-4-18(13-27)23(11-15)37(34,35)33-19-7-5-17(6-8-19)21-12-22-25(16(2)31-32-22)26(30-21)36-20-9-10-24(28)29-14-20/h3-12,14,33H,1-2H3,(H2,28,29)(H,31,32). The number of ether oxygens (including phenoxy) is 1. The van der Waals surface area contributed by atoms with E-state index in [1.165, 1.54) is 18.3 Å². The van der Waals surface area contributed by atoms with Crippen LogP contribution >= 0.6 is 0 Å². The second-order valence-electron chi connectivity index (χ2n) is 8.37. The summed E-state index contributed by atoms with van der Waals surface area (Å²) in [4.78, 5) is 8.67. The van der Waals surface area contributed by atoms with E-state index in [1.807, 2.05) is 19.1 Å². The second kappa shape index (κ2) is 9.25. The lowest BCUT2D eigenvalue weighted by Gasteiger charge is -2.11. The number of nitrogens with two attached hydrogens (primary N) is 1. The first kappa shape index (κ1) is 23.8. The Morgan fingerprint density at radius 2 is 1.84 bits per heavy atom. The minimum atomic E-state index is -3.96. The molecule has 37 heavy (non-hydrogen) atoms. The summed E-state index contributed by atoms with van der Waals surface area (Å²) >= 11 is 0. The molecule has 0 spiro atoms. The third kappa shape index (κ3) is 4.78. The number of aromatic nitrogens is 4. The maximum absolute atomic E-state index is 13.0. The molecule has 0 saturated carbocycles. The number of nitrogens with zero attached hydrogens (tertiary/aromatic N) is 4. The predicted octanol–water partition coefficient (Wildman–Crippen LogP) is 4.68. The maximum Gasteiger partial charge on any atom is 0.263 e. The van der Waals surface area contributed by atoms with Crippen molar-refractivity contribution in [1.82, 2.24) is 20.2 Å². The molecular formula is C26H21N7O3S. The Labute approximate surface area is 212 Å². The molecule has 3 aromatic heterocycles. The van der Waals surface area contributed by atoms with Crippen molar-refractivity contribution in [2.75, 3.05) is 10.5 Å². The summed E-state index contributed by atoms with van der Waals surface area (Å²) in [5, 5.41) is 17.4. The van der Waals surface area contributed by atoms with Gasteiger partial charge < -0.3 is 10.5 Å². The van der Waals surface area contributed by atoms with Crippen LogP contribution in [0.3, 0.4) is 0 Å². The molecule has 5 rings (SSSR count). The third-order valence-corrected chi connectivity index (χ3v) is 7.06. The molecule has 0 bridgehead atoms. The number of hydrogen-bond donors (Lipinski definition) is 3. The molecule has 0 unspecified atom stereocenters. The number of rotatable bonds is 6. The second-order valence-corrected chi connectivity index (χ2v) is 10.0. The number of aromatic amines is 1. The number of hydrogen-bond acceptors (Lipinski definition) is 8. The lowest BCUT2D eigenvalue weighted by atomic mass is 10.1. The molecule has 0 fully saturated rings. The van der Waals surface area contributed by atoms with Gasteiger partial charge in [0.15, 0.2) is 0 Å². The SMILES string of the molecule is Cc1ccc(C#N)c(S(=O)(=O)Nc2ccc(-c3cc4n[nH]c(C)c4c(Oc4ccc(N)nc4)n3)cc2)c1. The highest BCUT2D eigenvalue weighted by Gasteiger charge is 2.20. The van der Waals surface area contributed by atoms with Crippen molar-refractivity contribution in [2.24, 2.45) is 0 Å². The van der Waals surface area contributed by atoms with Gasteiger partial charge in [0, 0.05) is 16.9 Å². The number of fused-ring (bicyclic) bond motifs is 1. The number of aryl methyl sites for hydroxylation is 2. The molecule has 4 N–H and O–H groups in total. The van der Waals surface area contributed by atoms with Gasteiger partial charge in [-0.3, -0.25) is 9.82 Å². The van der Waals surface area contributed by atoms with Gasteiger partial charge in [0.1, 0.15) is 22.5 Å². The van der Waals surface area contributed by atoms with Crippen molar-refractivity contribution < 1.29 is 13.2 Å². The van der Waals surface area contributed by atoms with Crippen LogP contribution in [0.5, 0.6) is 11.6 Å². The molecular weight excluding hydrogens is 490 g/mol. The summed E-state index contributed by atoms with van der Waals surface area (Å²) in [6.07, 6.45) is 1.51. The van der Waals surface area contributed by atoms with Crippen LogP contribution in [0.25, 0.3) is 22.2 Å². The molecule has 2 aromatic carbocycles. The zero-order valence-electron chi connectivity index (χ0n) is 19.9. The lowest BCUT2D eigenvalue weighted by molar-refractivity contribution is 0.467. The van der Waals surface area contributed by atoms with Crippen LogP contribution in [-0.4, -0.2) is 28.6 Å². The first-order valence-electron chi connectivity index (χ1n) is 11.1. The zero-order valence-corrected chi connectivity index (χ0v) is 20.7. The molecule has 0 aliphatic heterocycles. The van der Waals surface area contributed by atoms with E-state index in [2.05, 4.69) is 19.9 Å². The summed E-state index contributed by atoms with van der Waals surface area (Å²) in [6.45, 7) is 3.64. The monoisotopic (exact) mass is 511 g/mol. The summed E-state index contributed by atoms with van der Waals surface area (Å²) in [5.74, 6) is 1.19. The molecule has 0 atom stereocenters. The van der Waals surface area contributed by atoms with Crippen LogP contribution in [0.4, 0.5) is 11.5 Å². The predicted molar refractivity (Wildman–Crippen MR) is 139 cm³/mol. The molecule has 3 heterocycles. The maximum atomic E-state index is 13.0. The highest BCUT2D eigenvalue weighted by atomic mass is 32.2. The van der Waals surface area contributed by atoms with Gasteiger partial charge in [-0.1, -0.05) is 18.2 Å². The molecule has 0 radical (unpaired) electrons. The smallest absolute Gasteiger partial charge is 0.263 e. The molecule has 184 valence electrons. The Hall–Kier alpha value is -4.95. The number of nitrogens with one attached hydrogen (secondary N) is 2. The van der Waals surface area contributed by atoms with E-state index >= 15 is 0 Å². The van der Waals surface area contributed by atoms with Crippen LogP contribution < -0.4 is 15.2 Å². The lowest BCUT2D eigenvalue weighted by Crippen LogP contribution is -2.14. The van der Waals surface area contributed by atoms with Gasteiger partial charge in [0.2, 0.25) is 5.88 Å². The van der Waals surface area contributed by atoms with Crippen molar-refractivity contribution in [3.8, 4) is 29.0 Å². The van der Waals surface area contributed by atoms with Crippen LogP contribution in [0.15, 0.2) is 71.8 Å². The van der Waals surface area contributed by atoms with E-state index in [-0.39, 0.29) is 10.5 Å². The highest BCUT2D eigenvalue weighted by molar-refractivity contribution is 7.92. The molecule has 0 amide bonds. The van der Waals surface area contributed by atoms with Crippen molar-refractivity contribution in [2.45, 2.75) is 18.7 Å². The number of anilines is 2. The summed E-state index contributed by atoms with van der Waals surface area (Å²) in [7, 11) is -3.96. The third-order valence-electron chi connectivity index (χ3n) is 5.64.